The fourth-order valence-corrected chi connectivity index (χ4v) is 1.77. The lowest BCUT2D eigenvalue weighted by Crippen LogP contribution is -2.22. The number of carbonyl (C=O) groups is 1. The molecule has 5 heteroatoms. The molecule has 2 N–H and O–H groups in total. The maximum atomic E-state index is 12.0. The Balaban J connectivity index is 1.94. The normalized spacial score (nSPS) is 10.3. The molecule has 0 saturated carbocycles. The first-order chi connectivity index (χ1) is 9.69. The highest BCUT2D eigenvalue weighted by Gasteiger charge is 2.07. The van der Waals surface area contributed by atoms with Crippen LogP contribution in [0.15, 0.2) is 34.9 Å². The van der Waals surface area contributed by atoms with E-state index in [-0.39, 0.29) is 5.91 Å². The van der Waals surface area contributed by atoms with Gasteiger partial charge in [-0.15, -0.1) is 0 Å². The molecule has 106 valence electrons. The molecule has 2 aromatic rings. The fraction of sp³-hybridized carbons (Fsp3) is 0.333. The number of pyridine rings is 1. The van der Waals surface area contributed by atoms with Gasteiger partial charge in [-0.2, -0.15) is 0 Å². The van der Waals surface area contributed by atoms with Crippen LogP contribution in [0, 0.1) is 6.92 Å². The number of nitrogens with one attached hydrogen (secondary N) is 2. The molecule has 20 heavy (non-hydrogen) atoms. The number of anilines is 1. The number of amides is 1. The summed E-state index contributed by atoms with van der Waals surface area (Å²) in [6.07, 6.45) is 2.64. The average Bonchev–Trinajstić information content (AvgIpc) is 2.88. The van der Waals surface area contributed by atoms with Crippen LogP contribution in [-0.4, -0.2) is 17.4 Å². The van der Waals surface area contributed by atoms with E-state index in [4.69, 9.17) is 4.42 Å². The third kappa shape index (κ3) is 3.85. The Morgan fingerprint density at radius 2 is 2.20 bits per heavy atom. The zero-order chi connectivity index (χ0) is 14.4. The Bertz CT molecular complexity index is 578. The molecule has 0 spiro atoms. The van der Waals surface area contributed by atoms with Gasteiger partial charge in [-0.1, -0.05) is 6.92 Å². The minimum atomic E-state index is -0.138. The van der Waals surface area contributed by atoms with Crippen molar-refractivity contribution in [3.8, 4) is 0 Å². The van der Waals surface area contributed by atoms with Gasteiger partial charge >= 0.3 is 0 Å². The summed E-state index contributed by atoms with van der Waals surface area (Å²) in [5, 5.41) is 5.98. The van der Waals surface area contributed by atoms with Crippen molar-refractivity contribution in [1.29, 1.82) is 0 Å². The van der Waals surface area contributed by atoms with Crippen molar-refractivity contribution in [2.45, 2.75) is 26.8 Å². The van der Waals surface area contributed by atoms with Gasteiger partial charge in [-0.05, 0) is 37.6 Å². The molecule has 2 rings (SSSR count). The lowest BCUT2D eigenvalue weighted by Gasteiger charge is -2.06. The van der Waals surface area contributed by atoms with Crippen LogP contribution in [0.4, 0.5) is 5.82 Å². The van der Waals surface area contributed by atoms with E-state index in [1.54, 1.807) is 18.3 Å². The summed E-state index contributed by atoms with van der Waals surface area (Å²) in [5.74, 6) is 2.16. The van der Waals surface area contributed by atoms with Gasteiger partial charge in [-0.3, -0.25) is 4.79 Å². The summed E-state index contributed by atoms with van der Waals surface area (Å²) in [6, 6.07) is 7.18. The Morgan fingerprint density at radius 1 is 1.35 bits per heavy atom. The highest BCUT2D eigenvalue weighted by Crippen LogP contribution is 2.09. The molecule has 0 fully saturated rings. The number of aryl methyl sites for hydroxylation is 1. The molecule has 5 nitrogen and oxygen atoms in total. The smallest absolute Gasteiger partial charge is 0.251 e. The van der Waals surface area contributed by atoms with Gasteiger partial charge in [0.15, 0.2) is 0 Å². The first kappa shape index (κ1) is 14.1. The molecule has 0 unspecified atom stereocenters. The first-order valence-electron chi connectivity index (χ1n) is 6.72. The quantitative estimate of drug-likeness (QED) is 0.849. The summed E-state index contributed by atoms with van der Waals surface area (Å²) in [7, 11) is 0. The van der Waals surface area contributed by atoms with Crippen molar-refractivity contribution in [1.82, 2.24) is 10.3 Å². The van der Waals surface area contributed by atoms with Gasteiger partial charge < -0.3 is 15.1 Å². The largest absolute Gasteiger partial charge is 0.465 e. The minimum absolute atomic E-state index is 0.138. The molecule has 0 aliphatic heterocycles. The van der Waals surface area contributed by atoms with Crippen LogP contribution in [0.3, 0.4) is 0 Å². The number of carbonyl (C=O) groups excluding carboxylic acids is 1. The van der Waals surface area contributed by atoms with Crippen LogP contribution in [0.5, 0.6) is 0 Å². The third-order valence-electron chi connectivity index (χ3n) is 2.80. The average molecular weight is 273 g/mol. The van der Waals surface area contributed by atoms with E-state index in [2.05, 4.69) is 22.5 Å². The third-order valence-corrected chi connectivity index (χ3v) is 2.80. The summed E-state index contributed by atoms with van der Waals surface area (Å²) >= 11 is 0. The van der Waals surface area contributed by atoms with Gasteiger partial charge in [0.2, 0.25) is 0 Å². The molecule has 2 aromatic heterocycles. The molecule has 0 aliphatic carbocycles. The number of hydrogen-bond donors (Lipinski definition) is 2. The van der Waals surface area contributed by atoms with Crippen LogP contribution in [-0.2, 0) is 6.54 Å². The number of hydrogen-bond acceptors (Lipinski definition) is 4. The number of aromatic nitrogens is 1. The number of rotatable bonds is 6. The van der Waals surface area contributed by atoms with Crippen molar-refractivity contribution < 1.29 is 9.21 Å². The van der Waals surface area contributed by atoms with Gasteiger partial charge in [0.1, 0.15) is 17.3 Å². The lowest BCUT2D eigenvalue weighted by molar-refractivity contribution is 0.0948. The summed E-state index contributed by atoms with van der Waals surface area (Å²) in [4.78, 5) is 16.2. The second kappa shape index (κ2) is 6.75. The van der Waals surface area contributed by atoms with Crippen molar-refractivity contribution in [2.75, 3.05) is 11.9 Å². The Hall–Kier alpha value is -2.30. The fourth-order valence-electron chi connectivity index (χ4n) is 1.77. The maximum absolute atomic E-state index is 12.0. The molecule has 1 amide bonds. The SMILES string of the molecule is CCCNc1cc(C(=O)NCc2ccc(C)o2)ccn1. The van der Waals surface area contributed by atoms with Crippen LogP contribution >= 0.6 is 0 Å². The topological polar surface area (TPSA) is 67.2 Å². The summed E-state index contributed by atoms with van der Waals surface area (Å²) in [5.41, 5.74) is 0.585. The molecule has 0 atom stereocenters. The number of furan rings is 1. The predicted octanol–water partition coefficient (Wildman–Crippen LogP) is 2.73. The van der Waals surface area contributed by atoms with Crippen molar-refractivity contribution in [3.05, 3.63) is 47.5 Å². The molecule has 0 saturated heterocycles. The molecule has 0 aromatic carbocycles. The molecule has 2 heterocycles. The van der Waals surface area contributed by atoms with E-state index >= 15 is 0 Å². The molecule has 0 radical (unpaired) electrons. The van der Waals surface area contributed by atoms with Crippen LogP contribution in [0.1, 0.15) is 35.2 Å². The summed E-state index contributed by atoms with van der Waals surface area (Å²) < 4.78 is 5.41. The van der Waals surface area contributed by atoms with Crippen LogP contribution in [0.2, 0.25) is 0 Å². The zero-order valence-corrected chi connectivity index (χ0v) is 11.8. The first-order valence-corrected chi connectivity index (χ1v) is 6.72. The predicted molar refractivity (Wildman–Crippen MR) is 77.6 cm³/mol. The Kier molecular flexibility index (Phi) is 4.76. The van der Waals surface area contributed by atoms with Crippen LogP contribution < -0.4 is 10.6 Å². The van der Waals surface area contributed by atoms with Crippen LogP contribution in [0.25, 0.3) is 0 Å². The highest BCUT2D eigenvalue weighted by molar-refractivity contribution is 5.94. The van der Waals surface area contributed by atoms with E-state index in [1.165, 1.54) is 0 Å². The number of nitrogens with zero attached hydrogens (tertiary/aromatic N) is 1. The van der Waals surface area contributed by atoms with Gasteiger partial charge in [0, 0.05) is 18.3 Å². The van der Waals surface area contributed by atoms with E-state index in [0.29, 0.717) is 17.9 Å². The van der Waals surface area contributed by atoms with E-state index in [0.717, 1.165) is 24.5 Å². The Morgan fingerprint density at radius 3 is 2.90 bits per heavy atom. The monoisotopic (exact) mass is 273 g/mol. The second-order valence-electron chi connectivity index (χ2n) is 4.55. The molecule has 0 bridgehead atoms. The van der Waals surface area contributed by atoms with E-state index < -0.39 is 0 Å². The minimum Gasteiger partial charge on any atom is -0.465 e. The second-order valence-corrected chi connectivity index (χ2v) is 4.55. The van der Waals surface area contributed by atoms with Crippen molar-refractivity contribution in [2.24, 2.45) is 0 Å². The van der Waals surface area contributed by atoms with E-state index in [9.17, 15) is 4.79 Å². The molecular formula is C15H19N3O2. The Labute approximate surface area is 118 Å². The van der Waals surface area contributed by atoms with E-state index in [1.807, 2.05) is 19.1 Å². The van der Waals surface area contributed by atoms with Crippen molar-refractivity contribution >= 4 is 11.7 Å². The lowest BCUT2D eigenvalue weighted by atomic mass is 10.2. The van der Waals surface area contributed by atoms with Gasteiger partial charge in [0.25, 0.3) is 5.91 Å². The molecule has 0 aliphatic rings. The van der Waals surface area contributed by atoms with Crippen molar-refractivity contribution in [3.63, 3.8) is 0 Å². The van der Waals surface area contributed by atoms with Gasteiger partial charge in [-0.25, -0.2) is 4.98 Å². The maximum Gasteiger partial charge on any atom is 0.251 e. The standard InChI is InChI=1S/C15H19N3O2/c1-3-7-16-14-9-12(6-8-17-14)15(19)18-10-13-5-4-11(2)20-13/h4-6,8-9H,3,7,10H2,1-2H3,(H,16,17)(H,18,19). The summed E-state index contributed by atoms with van der Waals surface area (Å²) in [6.45, 7) is 5.17. The van der Waals surface area contributed by atoms with Gasteiger partial charge in [0.05, 0.1) is 6.54 Å². The highest BCUT2D eigenvalue weighted by atomic mass is 16.3. The zero-order valence-electron chi connectivity index (χ0n) is 11.8. The molecular weight excluding hydrogens is 254 g/mol.